The number of fused-ring (bicyclic) bond motifs is 2. The third-order valence-corrected chi connectivity index (χ3v) is 6.33. The first-order valence-corrected chi connectivity index (χ1v) is 11.0. The molecule has 2 fully saturated rings. The quantitative estimate of drug-likeness (QED) is 0.456. The van der Waals surface area contributed by atoms with Crippen molar-refractivity contribution in [3.05, 3.63) is 42.9 Å². The van der Waals surface area contributed by atoms with Crippen LogP contribution in [0.3, 0.4) is 0 Å². The van der Waals surface area contributed by atoms with E-state index in [4.69, 9.17) is 9.72 Å². The molecule has 0 bridgehead atoms. The van der Waals surface area contributed by atoms with Crippen LogP contribution in [0.25, 0.3) is 44.7 Å². The number of ether oxygens (including phenoxy) is 1. The van der Waals surface area contributed by atoms with E-state index >= 15 is 0 Å². The third-order valence-electron chi connectivity index (χ3n) is 6.33. The number of aromatic nitrogens is 7. The molecule has 0 atom stereocenters. The molecule has 5 aromatic rings. The van der Waals surface area contributed by atoms with Crippen LogP contribution < -0.4 is 4.90 Å². The lowest BCUT2D eigenvalue weighted by Crippen LogP contribution is -2.36. The number of imidazole rings is 1. The third kappa shape index (κ3) is 2.89. The van der Waals surface area contributed by atoms with E-state index in [1.54, 1.807) is 0 Å². The van der Waals surface area contributed by atoms with Gasteiger partial charge in [-0.2, -0.15) is 10.2 Å². The van der Waals surface area contributed by atoms with Crippen molar-refractivity contribution in [1.29, 1.82) is 0 Å². The summed E-state index contributed by atoms with van der Waals surface area (Å²) >= 11 is 0. The van der Waals surface area contributed by atoms with E-state index in [-0.39, 0.29) is 0 Å². The second-order valence-electron chi connectivity index (χ2n) is 8.49. The van der Waals surface area contributed by atoms with Crippen LogP contribution >= 0.6 is 0 Å². The first-order chi connectivity index (χ1) is 15.8. The van der Waals surface area contributed by atoms with E-state index in [9.17, 15) is 0 Å². The van der Waals surface area contributed by atoms with Gasteiger partial charge in [0.1, 0.15) is 11.2 Å². The molecule has 160 valence electrons. The van der Waals surface area contributed by atoms with Crippen molar-refractivity contribution >= 4 is 27.6 Å². The monoisotopic (exact) mass is 426 g/mol. The zero-order chi connectivity index (χ0) is 21.1. The van der Waals surface area contributed by atoms with Gasteiger partial charge in [0.05, 0.1) is 54.1 Å². The molecule has 1 aliphatic carbocycles. The summed E-state index contributed by atoms with van der Waals surface area (Å²) in [4.78, 5) is 15.4. The molecule has 2 aliphatic rings. The lowest BCUT2D eigenvalue weighted by Gasteiger charge is -2.28. The minimum absolute atomic E-state index is 0.549. The zero-order valence-corrected chi connectivity index (χ0v) is 17.5. The van der Waals surface area contributed by atoms with E-state index in [1.807, 2.05) is 17.1 Å². The van der Waals surface area contributed by atoms with Gasteiger partial charge < -0.3 is 14.6 Å². The van der Waals surface area contributed by atoms with Crippen LogP contribution in [-0.2, 0) is 4.74 Å². The molecule has 0 radical (unpaired) electrons. The van der Waals surface area contributed by atoms with Gasteiger partial charge >= 0.3 is 0 Å². The van der Waals surface area contributed by atoms with E-state index in [1.165, 1.54) is 12.8 Å². The van der Waals surface area contributed by atoms with Gasteiger partial charge in [0.15, 0.2) is 5.82 Å². The molecular weight excluding hydrogens is 404 g/mol. The van der Waals surface area contributed by atoms with Crippen LogP contribution in [0, 0.1) is 0 Å². The number of hydrogen-bond donors (Lipinski definition) is 2. The maximum absolute atomic E-state index is 5.52. The number of aromatic amines is 2. The molecule has 1 aliphatic heterocycles. The van der Waals surface area contributed by atoms with E-state index in [0.717, 1.165) is 76.7 Å². The van der Waals surface area contributed by atoms with Gasteiger partial charge in [0.2, 0.25) is 0 Å². The van der Waals surface area contributed by atoms with Gasteiger partial charge in [0, 0.05) is 30.2 Å². The van der Waals surface area contributed by atoms with Gasteiger partial charge in [0.25, 0.3) is 0 Å². The lowest BCUT2D eigenvalue weighted by molar-refractivity contribution is 0.123. The molecule has 1 saturated carbocycles. The molecule has 2 N–H and O–H groups in total. The second-order valence-corrected chi connectivity index (χ2v) is 8.49. The van der Waals surface area contributed by atoms with E-state index < -0.39 is 0 Å². The van der Waals surface area contributed by atoms with E-state index in [0.29, 0.717) is 6.04 Å². The fourth-order valence-electron chi connectivity index (χ4n) is 4.45. The van der Waals surface area contributed by atoms with Gasteiger partial charge in [-0.1, -0.05) is 6.07 Å². The van der Waals surface area contributed by atoms with Crippen molar-refractivity contribution in [2.75, 3.05) is 31.2 Å². The Hall–Kier alpha value is -3.72. The number of para-hydroxylation sites is 1. The van der Waals surface area contributed by atoms with Crippen molar-refractivity contribution in [1.82, 2.24) is 34.9 Å². The van der Waals surface area contributed by atoms with Gasteiger partial charge in [-0.15, -0.1) is 0 Å². The number of anilines is 1. The zero-order valence-electron chi connectivity index (χ0n) is 17.5. The molecule has 7 rings (SSSR count). The molecular formula is C23H22N8O. The van der Waals surface area contributed by atoms with Crippen LogP contribution in [0.4, 0.5) is 5.69 Å². The van der Waals surface area contributed by atoms with Crippen LogP contribution in [0.1, 0.15) is 18.9 Å². The summed E-state index contributed by atoms with van der Waals surface area (Å²) in [5.41, 5.74) is 6.67. The van der Waals surface area contributed by atoms with Crippen LogP contribution in [0.15, 0.2) is 42.9 Å². The number of morpholine rings is 1. The molecule has 9 nitrogen and oxygen atoms in total. The van der Waals surface area contributed by atoms with Crippen LogP contribution in [0.5, 0.6) is 0 Å². The molecule has 0 spiro atoms. The number of nitrogens with zero attached hydrogens (tertiary/aromatic N) is 6. The molecule has 1 saturated heterocycles. The molecule has 1 aromatic carbocycles. The minimum Gasteiger partial charge on any atom is -0.378 e. The van der Waals surface area contributed by atoms with Crippen LogP contribution in [0.2, 0.25) is 0 Å². The maximum Gasteiger partial charge on any atom is 0.159 e. The summed E-state index contributed by atoms with van der Waals surface area (Å²) in [6, 6.07) is 8.87. The average Bonchev–Trinajstić information content (AvgIpc) is 3.24. The van der Waals surface area contributed by atoms with Gasteiger partial charge in [-0.05, 0) is 31.0 Å². The Kier molecular flexibility index (Phi) is 3.86. The molecule has 4 aromatic heterocycles. The highest BCUT2D eigenvalue weighted by Crippen LogP contribution is 2.36. The Balaban J connectivity index is 1.31. The summed E-state index contributed by atoms with van der Waals surface area (Å²) in [5, 5.41) is 13.2. The lowest BCUT2D eigenvalue weighted by atomic mass is 10.1. The summed E-state index contributed by atoms with van der Waals surface area (Å²) in [7, 11) is 0. The largest absolute Gasteiger partial charge is 0.378 e. The van der Waals surface area contributed by atoms with Gasteiger partial charge in [-0.25, -0.2) is 4.98 Å². The standard InChI is InChI=1S/C23H22N8O/c1-2-17-22(20(3-1)30-6-8-32-9-7-30)27-23(26-17)21-16-10-18(24-12-19(16)28-29-21)14-11-25-31(13-14)15-4-5-15/h1-3,10-13,15H,4-9H2,(H,26,27)(H,28,29). The normalized spacial score (nSPS) is 16.9. The average molecular weight is 426 g/mol. The summed E-state index contributed by atoms with van der Waals surface area (Å²) < 4.78 is 7.56. The Morgan fingerprint density at radius 1 is 1.06 bits per heavy atom. The maximum atomic E-state index is 5.52. The Bertz CT molecular complexity index is 1440. The summed E-state index contributed by atoms with van der Waals surface area (Å²) in [5.74, 6) is 0.748. The predicted octanol–water partition coefficient (Wildman–Crippen LogP) is 3.54. The molecule has 5 heterocycles. The van der Waals surface area contributed by atoms with E-state index in [2.05, 4.69) is 60.6 Å². The Morgan fingerprint density at radius 3 is 2.84 bits per heavy atom. The number of pyridine rings is 1. The number of hydrogen-bond acceptors (Lipinski definition) is 6. The topological polar surface area (TPSA) is 101 Å². The first-order valence-electron chi connectivity index (χ1n) is 11.0. The van der Waals surface area contributed by atoms with Crippen molar-refractivity contribution in [2.24, 2.45) is 0 Å². The fraction of sp³-hybridized carbons (Fsp3) is 0.304. The van der Waals surface area contributed by atoms with Crippen molar-refractivity contribution in [3.63, 3.8) is 0 Å². The SMILES string of the molecule is c1cc(N2CCOCC2)c2nc(-c3n[nH]c4cnc(-c5cnn(C6CC6)c5)cc34)[nH]c2c1. The predicted molar refractivity (Wildman–Crippen MR) is 122 cm³/mol. The number of nitrogens with one attached hydrogen (secondary N) is 2. The molecule has 32 heavy (non-hydrogen) atoms. The van der Waals surface area contributed by atoms with Crippen molar-refractivity contribution < 1.29 is 4.74 Å². The molecule has 0 unspecified atom stereocenters. The molecule has 9 heteroatoms. The number of rotatable bonds is 4. The summed E-state index contributed by atoms with van der Waals surface area (Å²) in [6.07, 6.45) is 8.22. The summed E-state index contributed by atoms with van der Waals surface area (Å²) in [6.45, 7) is 3.22. The number of benzene rings is 1. The first kappa shape index (κ1) is 17.9. The highest BCUT2D eigenvalue weighted by atomic mass is 16.5. The highest BCUT2D eigenvalue weighted by Gasteiger charge is 2.25. The smallest absolute Gasteiger partial charge is 0.159 e. The van der Waals surface area contributed by atoms with Crippen molar-refractivity contribution in [3.8, 4) is 22.8 Å². The fourth-order valence-corrected chi connectivity index (χ4v) is 4.45. The Labute approximate surface area is 183 Å². The number of H-pyrrole nitrogens is 2. The van der Waals surface area contributed by atoms with Crippen LogP contribution in [-0.4, -0.2) is 61.2 Å². The van der Waals surface area contributed by atoms with Crippen molar-refractivity contribution in [2.45, 2.75) is 18.9 Å². The van der Waals surface area contributed by atoms with Gasteiger partial charge in [-0.3, -0.25) is 14.8 Å². The second kappa shape index (κ2) is 6.89. The minimum atomic E-state index is 0.549. The highest BCUT2D eigenvalue weighted by molar-refractivity contribution is 5.96. The molecule has 0 amide bonds. The Morgan fingerprint density at radius 2 is 1.97 bits per heavy atom.